The van der Waals surface area contributed by atoms with Gasteiger partial charge in [0.05, 0.1) is 6.04 Å². The van der Waals surface area contributed by atoms with Crippen LogP contribution in [0.15, 0.2) is 24.8 Å². The molecule has 1 N–H and O–H groups in total. The van der Waals surface area contributed by atoms with Gasteiger partial charge in [0.25, 0.3) is 0 Å². The summed E-state index contributed by atoms with van der Waals surface area (Å²) >= 11 is 1.75. The van der Waals surface area contributed by atoms with Gasteiger partial charge in [0, 0.05) is 22.1 Å². The normalized spacial score (nSPS) is 12.4. The number of aryl methyl sites for hydroxylation is 2. The van der Waals surface area contributed by atoms with Crippen LogP contribution < -0.4 is 5.32 Å². The molecule has 0 aromatic carbocycles. The van der Waals surface area contributed by atoms with Gasteiger partial charge in [-0.3, -0.25) is 4.57 Å². The number of imidazole rings is 1. The Hall–Kier alpha value is -1.62. The summed E-state index contributed by atoms with van der Waals surface area (Å²) in [6, 6.07) is 1.98. The van der Waals surface area contributed by atoms with Crippen molar-refractivity contribution in [2.45, 2.75) is 26.8 Å². The molecule has 0 aliphatic heterocycles. The lowest BCUT2D eigenvalue weighted by atomic mass is 10.1. The second kappa shape index (κ2) is 4.71. The van der Waals surface area contributed by atoms with Crippen LogP contribution in [0.1, 0.15) is 28.3 Å². The Labute approximate surface area is 104 Å². The van der Waals surface area contributed by atoms with Crippen molar-refractivity contribution < 1.29 is 4.79 Å². The Kier molecular flexibility index (Phi) is 3.28. The van der Waals surface area contributed by atoms with Crippen LogP contribution in [0, 0.1) is 13.8 Å². The van der Waals surface area contributed by atoms with Crippen molar-refractivity contribution in [1.82, 2.24) is 14.9 Å². The highest BCUT2D eigenvalue weighted by atomic mass is 32.1. The van der Waals surface area contributed by atoms with E-state index in [-0.39, 0.29) is 12.1 Å². The van der Waals surface area contributed by atoms with Gasteiger partial charge in [0.1, 0.15) is 6.33 Å². The van der Waals surface area contributed by atoms with E-state index in [2.05, 4.69) is 30.2 Å². The zero-order chi connectivity index (χ0) is 12.4. The Bertz CT molecular complexity index is 516. The molecule has 2 aromatic rings. The maximum atomic E-state index is 11.8. The molecule has 0 radical (unpaired) electrons. The molecule has 1 amide bonds. The minimum atomic E-state index is -0.154. The molecule has 0 aliphatic carbocycles. The fourth-order valence-electron chi connectivity index (χ4n) is 1.80. The zero-order valence-corrected chi connectivity index (χ0v) is 10.9. The van der Waals surface area contributed by atoms with Crippen LogP contribution in [-0.4, -0.2) is 15.6 Å². The molecule has 2 rings (SSSR count). The molecule has 2 heterocycles. The van der Waals surface area contributed by atoms with E-state index in [4.69, 9.17) is 0 Å². The molecular weight excluding hydrogens is 234 g/mol. The van der Waals surface area contributed by atoms with Gasteiger partial charge in [-0.15, -0.1) is 11.3 Å². The quantitative estimate of drug-likeness (QED) is 0.889. The van der Waals surface area contributed by atoms with Gasteiger partial charge < -0.3 is 5.32 Å². The summed E-state index contributed by atoms with van der Waals surface area (Å²) in [4.78, 5) is 18.2. The van der Waals surface area contributed by atoms with Crippen LogP contribution in [0.2, 0.25) is 0 Å². The SMILES string of the molecule is Cc1cc(C(C)NC(=O)n2ccnc2)c(C)s1. The predicted octanol–water partition coefficient (Wildman–Crippen LogP) is 2.88. The van der Waals surface area contributed by atoms with Crippen molar-refractivity contribution in [3.8, 4) is 0 Å². The van der Waals surface area contributed by atoms with Crippen molar-refractivity contribution in [2.75, 3.05) is 0 Å². The van der Waals surface area contributed by atoms with Gasteiger partial charge in [0.15, 0.2) is 0 Å². The summed E-state index contributed by atoms with van der Waals surface area (Å²) in [6.45, 7) is 6.14. The molecule has 0 saturated heterocycles. The average Bonchev–Trinajstić information content (AvgIpc) is 2.87. The van der Waals surface area contributed by atoms with Gasteiger partial charge >= 0.3 is 6.03 Å². The van der Waals surface area contributed by atoms with E-state index >= 15 is 0 Å². The Morgan fingerprint density at radius 3 is 2.82 bits per heavy atom. The molecule has 0 fully saturated rings. The maximum absolute atomic E-state index is 11.8. The largest absolute Gasteiger partial charge is 0.331 e. The molecule has 4 nitrogen and oxygen atoms in total. The second-order valence-corrected chi connectivity index (χ2v) is 5.47. The number of nitrogens with zero attached hydrogens (tertiary/aromatic N) is 2. The number of amides is 1. The third kappa shape index (κ3) is 2.55. The maximum Gasteiger partial charge on any atom is 0.327 e. The van der Waals surface area contributed by atoms with Gasteiger partial charge in [0.2, 0.25) is 0 Å². The van der Waals surface area contributed by atoms with Crippen LogP contribution in [0.5, 0.6) is 0 Å². The predicted molar refractivity (Wildman–Crippen MR) is 68.4 cm³/mol. The fraction of sp³-hybridized carbons (Fsp3) is 0.333. The highest BCUT2D eigenvalue weighted by Crippen LogP contribution is 2.26. The van der Waals surface area contributed by atoms with Crippen molar-refractivity contribution >= 4 is 17.4 Å². The monoisotopic (exact) mass is 249 g/mol. The minimum absolute atomic E-state index is 0.00912. The lowest BCUT2D eigenvalue weighted by molar-refractivity contribution is 0.239. The van der Waals surface area contributed by atoms with Crippen LogP contribution in [0.3, 0.4) is 0 Å². The summed E-state index contributed by atoms with van der Waals surface area (Å²) in [5, 5.41) is 2.94. The summed E-state index contributed by atoms with van der Waals surface area (Å²) in [5.74, 6) is 0. The van der Waals surface area contributed by atoms with Crippen molar-refractivity contribution in [2.24, 2.45) is 0 Å². The first-order valence-corrected chi connectivity index (χ1v) is 6.25. The van der Waals surface area contributed by atoms with Gasteiger partial charge in [-0.1, -0.05) is 0 Å². The van der Waals surface area contributed by atoms with E-state index in [0.29, 0.717) is 0 Å². The van der Waals surface area contributed by atoms with E-state index in [1.54, 1.807) is 23.7 Å². The van der Waals surface area contributed by atoms with E-state index < -0.39 is 0 Å². The van der Waals surface area contributed by atoms with Crippen LogP contribution in [0.25, 0.3) is 0 Å². The molecule has 2 aromatic heterocycles. The lowest BCUT2D eigenvalue weighted by Crippen LogP contribution is -2.30. The van der Waals surface area contributed by atoms with Crippen LogP contribution >= 0.6 is 11.3 Å². The van der Waals surface area contributed by atoms with E-state index in [9.17, 15) is 4.79 Å². The molecule has 0 spiro atoms. The second-order valence-electron chi connectivity index (χ2n) is 4.01. The lowest BCUT2D eigenvalue weighted by Gasteiger charge is -2.13. The molecule has 90 valence electrons. The number of rotatable bonds is 2. The van der Waals surface area contributed by atoms with Crippen molar-refractivity contribution in [1.29, 1.82) is 0 Å². The third-order valence-corrected chi connectivity index (χ3v) is 3.61. The van der Waals surface area contributed by atoms with Gasteiger partial charge in [-0.05, 0) is 32.4 Å². The number of nitrogens with one attached hydrogen (secondary N) is 1. The average molecular weight is 249 g/mol. The van der Waals surface area contributed by atoms with Crippen LogP contribution in [0.4, 0.5) is 4.79 Å². The van der Waals surface area contributed by atoms with Crippen molar-refractivity contribution in [3.05, 3.63) is 40.1 Å². The molecule has 1 atom stereocenters. The Morgan fingerprint density at radius 2 is 2.29 bits per heavy atom. The number of carbonyl (C=O) groups is 1. The van der Waals surface area contributed by atoms with Crippen LogP contribution in [-0.2, 0) is 0 Å². The Balaban J connectivity index is 2.09. The van der Waals surface area contributed by atoms with Gasteiger partial charge in [-0.2, -0.15) is 0 Å². The number of aromatic nitrogens is 2. The summed E-state index contributed by atoms with van der Waals surface area (Å²) < 4.78 is 1.44. The van der Waals surface area contributed by atoms with Gasteiger partial charge in [-0.25, -0.2) is 9.78 Å². The molecule has 17 heavy (non-hydrogen) atoms. The fourth-order valence-corrected chi connectivity index (χ4v) is 2.82. The Morgan fingerprint density at radius 1 is 1.53 bits per heavy atom. The summed E-state index contributed by atoms with van der Waals surface area (Å²) in [7, 11) is 0. The smallest absolute Gasteiger partial charge is 0.327 e. The first-order chi connectivity index (χ1) is 8.08. The number of carbonyl (C=O) groups excluding carboxylic acids is 1. The summed E-state index contributed by atoms with van der Waals surface area (Å²) in [6.07, 6.45) is 4.71. The molecule has 1 unspecified atom stereocenters. The van der Waals surface area contributed by atoms with E-state index in [1.807, 2.05) is 6.92 Å². The molecule has 0 saturated carbocycles. The zero-order valence-electron chi connectivity index (χ0n) is 10.1. The van der Waals surface area contributed by atoms with E-state index in [1.165, 1.54) is 26.2 Å². The highest BCUT2D eigenvalue weighted by Gasteiger charge is 2.14. The first-order valence-electron chi connectivity index (χ1n) is 5.43. The van der Waals surface area contributed by atoms with E-state index in [0.717, 1.165) is 0 Å². The first kappa shape index (κ1) is 11.9. The standard InChI is InChI=1S/C12H15N3OS/c1-8-6-11(10(3)17-8)9(2)14-12(16)15-5-4-13-7-15/h4-7,9H,1-3H3,(H,14,16). The molecular formula is C12H15N3OS. The molecule has 5 heteroatoms. The third-order valence-electron chi connectivity index (χ3n) is 2.62. The number of hydrogen-bond acceptors (Lipinski definition) is 3. The topological polar surface area (TPSA) is 46.9 Å². The number of thiophene rings is 1. The van der Waals surface area contributed by atoms with Crippen molar-refractivity contribution in [3.63, 3.8) is 0 Å². The minimum Gasteiger partial charge on any atom is -0.331 e. The molecule has 0 bridgehead atoms. The molecule has 0 aliphatic rings. The summed E-state index contributed by atoms with van der Waals surface area (Å²) in [5.41, 5.74) is 1.18. The highest BCUT2D eigenvalue weighted by molar-refractivity contribution is 7.12. The number of hydrogen-bond donors (Lipinski definition) is 1.